The van der Waals surface area contributed by atoms with Crippen LogP contribution in [0.25, 0.3) is 0 Å². The second kappa shape index (κ2) is 12.3. The van der Waals surface area contributed by atoms with Gasteiger partial charge in [-0.2, -0.15) is 0 Å². The van der Waals surface area contributed by atoms with E-state index in [0.29, 0.717) is 5.56 Å². The molecule has 0 atom stereocenters. The van der Waals surface area contributed by atoms with Crippen molar-refractivity contribution in [3.8, 4) is 0 Å². The van der Waals surface area contributed by atoms with Gasteiger partial charge in [0.15, 0.2) is 6.61 Å². The Morgan fingerprint density at radius 1 is 1.24 bits per heavy atom. The number of nitrogens with zero attached hydrogens (tertiary/aromatic N) is 1. The van der Waals surface area contributed by atoms with Gasteiger partial charge in [-0.1, -0.05) is 23.2 Å². The Hall–Kier alpha value is -2.99. The molecule has 2 aromatic rings. The minimum Gasteiger partial charge on any atom is -0.357 e. The lowest BCUT2D eigenvalue weighted by Gasteiger charge is -2.16. The number of hydrogen-bond donors (Lipinski definition) is 5. The first-order chi connectivity index (χ1) is 15.6. The zero-order valence-corrected chi connectivity index (χ0v) is 20.5. The first-order valence-electron chi connectivity index (χ1n) is 9.19. The fraction of sp³-hybridized carbons (Fsp3) is 0.150. The average molecular weight is 558 g/mol. The number of carbonyl (C=O) groups excluding carboxylic acids is 3. The fourth-order valence-electron chi connectivity index (χ4n) is 2.45. The van der Waals surface area contributed by atoms with Crippen LogP contribution in [0, 0.1) is 12.3 Å². The van der Waals surface area contributed by atoms with Gasteiger partial charge in [0.25, 0.3) is 11.8 Å². The van der Waals surface area contributed by atoms with Crippen LogP contribution in [0.4, 0.5) is 11.5 Å². The van der Waals surface area contributed by atoms with Gasteiger partial charge in [-0.25, -0.2) is 10.5 Å². The van der Waals surface area contributed by atoms with Crippen molar-refractivity contribution in [2.45, 2.75) is 6.92 Å². The topological polar surface area (TPSA) is 145 Å². The molecule has 0 spiro atoms. The lowest BCUT2D eigenvalue weighted by atomic mass is 10.1. The molecule has 1 heterocycles. The van der Waals surface area contributed by atoms with Crippen molar-refractivity contribution in [3.63, 3.8) is 0 Å². The van der Waals surface area contributed by atoms with Crippen molar-refractivity contribution in [2.24, 2.45) is 0 Å². The number of likely N-dealkylation sites (N-methyl/N-ethyl adjacent to an activating group) is 1. The number of halogens is 3. The second-order valence-corrected chi connectivity index (χ2v) is 8.06. The molecule has 0 aliphatic heterocycles. The molecule has 13 heteroatoms. The number of hydrogen-bond acceptors (Lipinski definition) is 7. The van der Waals surface area contributed by atoms with Crippen molar-refractivity contribution in [1.29, 1.82) is 5.41 Å². The molecule has 174 valence electrons. The monoisotopic (exact) mass is 556 g/mol. The van der Waals surface area contributed by atoms with E-state index in [0.717, 1.165) is 0 Å². The Bertz CT molecular complexity index is 1130. The van der Waals surface area contributed by atoms with Crippen LogP contribution in [-0.2, 0) is 14.4 Å². The largest absolute Gasteiger partial charge is 0.357 e. The summed E-state index contributed by atoms with van der Waals surface area (Å²) >= 11 is 15.2. The first kappa shape index (κ1) is 26.3. The van der Waals surface area contributed by atoms with E-state index in [9.17, 15) is 14.4 Å². The third-order valence-electron chi connectivity index (χ3n) is 3.96. The summed E-state index contributed by atoms with van der Waals surface area (Å²) in [5.74, 6) is -1.67. The van der Waals surface area contributed by atoms with Gasteiger partial charge < -0.3 is 16.0 Å². The molecule has 1 aromatic heterocycles. The van der Waals surface area contributed by atoms with Crippen LogP contribution in [0.15, 0.2) is 42.2 Å². The molecule has 10 nitrogen and oxygen atoms in total. The highest BCUT2D eigenvalue weighted by Crippen LogP contribution is 2.27. The molecule has 1 aromatic carbocycles. The Labute approximate surface area is 207 Å². The summed E-state index contributed by atoms with van der Waals surface area (Å²) in [4.78, 5) is 45.9. The van der Waals surface area contributed by atoms with Crippen molar-refractivity contribution < 1.29 is 19.2 Å². The molecule has 0 unspecified atom stereocenters. The quantitative estimate of drug-likeness (QED) is 0.181. The second-order valence-electron chi connectivity index (χ2n) is 6.36. The van der Waals surface area contributed by atoms with Gasteiger partial charge in [0.05, 0.1) is 20.9 Å². The van der Waals surface area contributed by atoms with Crippen LogP contribution < -0.4 is 21.4 Å². The van der Waals surface area contributed by atoms with Crippen LogP contribution in [0.5, 0.6) is 0 Å². The van der Waals surface area contributed by atoms with Crippen LogP contribution in [0.3, 0.4) is 0 Å². The number of anilines is 2. The van der Waals surface area contributed by atoms with E-state index >= 15 is 0 Å². The number of aryl methyl sites for hydroxylation is 1. The van der Waals surface area contributed by atoms with Crippen LogP contribution in [0.2, 0.25) is 10.0 Å². The number of amides is 3. The highest BCUT2D eigenvalue weighted by molar-refractivity contribution is 9.18. The number of pyridine rings is 1. The lowest BCUT2D eigenvalue weighted by molar-refractivity contribution is -0.127. The number of aromatic nitrogens is 1. The van der Waals surface area contributed by atoms with Gasteiger partial charge in [0.1, 0.15) is 11.5 Å². The third-order valence-corrected chi connectivity index (χ3v) is 4.71. The van der Waals surface area contributed by atoms with E-state index in [-0.39, 0.29) is 37.4 Å². The zero-order valence-electron chi connectivity index (χ0n) is 17.4. The van der Waals surface area contributed by atoms with E-state index in [1.54, 1.807) is 25.1 Å². The van der Waals surface area contributed by atoms with Crippen LogP contribution in [0.1, 0.15) is 15.9 Å². The Kier molecular flexibility index (Phi) is 9.79. The SMILES string of the molecule is CNC(=O)CONC(=O)c1cc(Cl)cc(C)c1NC(=O)/C(=C/C(=N)Br)Nc1ncccc1Cl. The molecule has 33 heavy (non-hydrogen) atoms. The van der Waals surface area contributed by atoms with Gasteiger partial charge in [-0.05, 0) is 58.8 Å². The van der Waals surface area contributed by atoms with Gasteiger partial charge in [0, 0.05) is 18.3 Å². The van der Waals surface area contributed by atoms with Crippen molar-refractivity contribution in [3.05, 3.63) is 63.4 Å². The van der Waals surface area contributed by atoms with Gasteiger partial charge in [-0.3, -0.25) is 24.6 Å². The van der Waals surface area contributed by atoms with Gasteiger partial charge in [-0.15, -0.1) is 0 Å². The Morgan fingerprint density at radius 2 is 1.97 bits per heavy atom. The van der Waals surface area contributed by atoms with E-state index in [2.05, 4.69) is 42.3 Å². The van der Waals surface area contributed by atoms with E-state index in [1.165, 1.54) is 25.4 Å². The molecule has 0 bridgehead atoms. The smallest absolute Gasteiger partial charge is 0.277 e. The van der Waals surface area contributed by atoms with Gasteiger partial charge >= 0.3 is 0 Å². The van der Waals surface area contributed by atoms with Crippen LogP contribution >= 0.6 is 39.1 Å². The predicted octanol–water partition coefficient (Wildman–Crippen LogP) is 3.41. The number of hydroxylamine groups is 1. The minimum absolute atomic E-state index is 0.00519. The summed E-state index contributed by atoms with van der Waals surface area (Å²) in [6.07, 6.45) is 2.69. The maximum atomic E-state index is 13.0. The number of carbonyl (C=O) groups is 3. The molecule has 5 N–H and O–H groups in total. The number of rotatable bonds is 9. The van der Waals surface area contributed by atoms with Crippen molar-refractivity contribution in [2.75, 3.05) is 24.3 Å². The number of nitrogens with one attached hydrogen (secondary N) is 5. The summed E-state index contributed by atoms with van der Waals surface area (Å²) < 4.78 is -0.0967. The predicted molar refractivity (Wildman–Crippen MR) is 130 cm³/mol. The van der Waals surface area contributed by atoms with E-state index in [4.69, 9.17) is 33.4 Å². The average Bonchev–Trinajstić information content (AvgIpc) is 2.75. The maximum Gasteiger partial charge on any atom is 0.277 e. The summed E-state index contributed by atoms with van der Waals surface area (Å²) in [6.45, 7) is 1.24. The van der Waals surface area contributed by atoms with E-state index < -0.39 is 24.3 Å². The van der Waals surface area contributed by atoms with Crippen LogP contribution in [-0.4, -0.2) is 41.0 Å². The number of benzene rings is 1. The molecule has 0 radical (unpaired) electrons. The standard InChI is InChI=1S/C20H19BrCl2N6O4/c1-10-6-11(22)7-12(19(31)29-33-9-16(30)25-2)17(10)28-20(32)14(8-15(21)24)27-18-13(23)4-3-5-26-18/h3-8,24H,9H2,1-2H3,(H,25,30)(H,26,27)(H,28,32)(H,29,31)/b14-8-,24-15?. The minimum atomic E-state index is -0.737. The normalized spacial score (nSPS) is 10.9. The van der Waals surface area contributed by atoms with Crippen molar-refractivity contribution in [1.82, 2.24) is 15.8 Å². The summed E-state index contributed by atoms with van der Waals surface area (Å²) in [7, 11) is 1.42. The third kappa shape index (κ3) is 7.82. The molecule has 0 aliphatic rings. The molecule has 0 fully saturated rings. The Morgan fingerprint density at radius 3 is 2.61 bits per heavy atom. The number of allylic oxidation sites excluding steroid dienone is 1. The van der Waals surface area contributed by atoms with Gasteiger partial charge in [0.2, 0.25) is 5.91 Å². The zero-order chi connectivity index (χ0) is 24.5. The summed E-state index contributed by atoms with van der Waals surface area (Å²) in [6, 6.07) is 6.09. The molecule has 0 saturated heterocycles. The van der Waals surface area contributed by atoms with E-state index in [1.807, 2.05) is 0 Å². The highest BCUT2D eigenvalue weighted by Gasteiger charge is 2.20. The molecular formula is C20H19BrCl2N6O4. The summed E-state index contributed by atoms with van der Waals surface area (Å²) in [5.41, 5.74) is 2.68. The highest BCUT2D eigenvalue weighted by atomic mass is 79.9. The molecule has 0 saturated carbocycles. The fourth-order valence-corrected chi connectivity index (χ4v) is 3.12. The summed E-state index contributed by atoms with van der Waals surface area (Å²) in [5, 5.41) is 15.9. The molecule has 0 aliphatic carbocycles. The maximum absolute atomic E-state index is 13.0. The van der Waals surface area contributed by atoms with Crippen molar-refractivity contribution >= 4 is 73.0 Å². The lowest BCUT2D eigenvalue weighted by Crippen LogP contribution is -2.32. The molecule has 2 rings (SSSR count). The molecular weight excluding hydrogens is 539 g/mol. The Balaban J connectivity index is 2.32. The first-order valence-corrected chi connectivity index (χ1v) is 10.7. The molecule has 3 amide bonds.